The maximum Gasteiger partial charge on any atom is 0.341 e. The number of carboxylic acid groups (broad SMARTS) is 1. The third-order valence-electron chi connectivity index (χ3n) is 2.68. The van der Waals surface area contributed by atoms with Crippen LogP contribution >= 0.6 is 11.3 Å². The summed E-state index contributed by atoms with van der Waals surface area (Å²) in [5.74, 6) is 0.201. The molecule has 1 saturated carbocycles. The van der Waals surface area contributed by atoms with Gasteiger partial charge in [-0.25, -0.2) is 9.78 Å². The standard InChI is InChI=1S/C12H11NO3S/c14-10(15)6-16-8-2-1-3-9-11(8)13-12(17-9)7-4-5-7/h1-3,7H,4-6H2,(H,14,15). The van der Waals surface area contributed by atoms with Crippen LogP contribution in [0.25, 0.3) is 10.2 Å². The van der Waals surface area contributed by atoms with Gasteiger partial charge in [0.15, 0.2) is 6.61 Å². The highest BCUT2D eigenvalue weighted by Crippen LogP contribution is 2.44. The molecule has 0 bridgehead atoms. The summed E-state index contributed by atoms with van der Waals surface area (Å²) < 4.78 is 6.30. The first-order chi connectivity index (χ1) is 8.24. The number of hydrogen-bond acceptors (Lipinski definition) is 4. The van der Waals surface area contributed by atoms with Crippen LogP contribution in [-0.2, 0) is 4.79 Å². The van der Waals surface area contributed by atoms with E-state index in [0.29, 0.717) is 11.7 Å². The van der Waals surface area contributed by atoms with Crippen molar-refractivity contribution in [3.05, 3.63) is 23.2 Å². The van der Waals surface area contributed by atoms with Crippen molar-refractivity contribution in [3.8, 4) is 5.75 Å². The zero-order valence-corrected chi connectivity index (χ0v) is 9.87. The molecule has 1 aromatic heterocycles. The minimum atomic E-state index is -0.973. The maximum atomic E-state index is 10.5. The Labute approximate surface area is 102 Å². The number of para-hydroxylation sites is 1. The molecule has 1 heterocycles. The van der Waals surface area contributed by atoms with E-state index in [0.717, 1.165) is 15.2 Å². The van der Waals surface area contributed by atoms with Crippen LogP contribution in [0.5, 0.6) is 5.75 Å². The minimum Gasteiger partial charge on any atom is -0.480 e. The van der Waals surface area contributed by atoms with Crippen LogP contribution in [0.2, 0.25) is 0 Å². The number of thiazole rings is 1. The Morgan fingerprint density at radius 1 is 1.53 bits per heavy atom. The highest BCUT2D eigenvalue weighted by Gasteiger charge is 2.27. The lowest BCUT2D eigenvalue weighted by atomic mass is 10.3. The number of rotatable bonds is 4. The molecule has 0 saturated heterocycles. The molecule has 3 rings (SSSR count). The number of fused-ring (bicyclic) bond motifs is 1. The average molecular weight is 249 g/mol. The monoisotopic (exact) mass is 249 g/mol. The second-order valence-electron chi connectivity index (χ2n) is 4.11. The van der Waals surface area contributed by atoms with E-state index in [9.17, 15) is 4.79 Å². The van der Waals surface area contributed by atoms with Gasteiger partial charge in [0.1, 0.15) is 11.3 Å². The Balaban J connectivity index is 1.96. The lowest BCUT2D eigenvalue weighted by Gasteiger charge is -2.02. The molecule has 17 heavy (non-hydrogen) atoms. The Hall–Kier alpha value is -1.62. The molecule has 0 amide bonds. The first kappa shape index (κ1) is 10.5. The predicted octanol–water partition coefficient (Wildman–Crippen LogP) is 2.64. The van der Waals surface area contributed by atoms with Crippen LogP contribution < -0.4 is 4.74 Å². The van der Waals surface area contributed by atoms with E-state index in [4.69, 9.17) is 9.84 Å². The van der Waals surface area contributed by atoms with Crippen molar-refractivity contribution < 1.29 is 14.6 Å². The molecular weight excluding hydrogens is 238 g/mol. The second-order valence-corrected chi connectivity index (χ2v) is 5.17. The molecular formula is C12H11NO3S. The van der Waals surface area contributed by atoms with E-state index in [2.05, 4.69) is 4.98 Å². The molecule has 88 valence electrons. The Morgan fingerprint density at radius 3 is 3.06 bits per heavy atom. The Kier molecular flexibility index (Phi) is 2.48. The molecule has 5 heteroatoms. The number of aliphatic carboxylic acids is 1. The number of carbonyl (C=O) groups is 1. The van der Waals surface area contributed by atoms with Gasteiger partial charge in [-0.2, -0.15) is 0 Å². The summed E-state index contributed by atoms with van der Waals surface area (Å²) in [5, 5.41) is 9.75. The number of aromatic nitrogens is 1. The summed E-state index contributed by atoms with van der Waals surface area (Å²) in [5.41, 5.74) is 0.792. The van der Waals surface area contributed by atoms with Crippen molar-refractivity contribution in [2.45, 2.75) is 18.8 Å². The fourth-order valence-corrected chi connectivity index (χ4v) is 2.86. The summed E-state index contributed by atoms with van der Waals surface area (Å²) in [6, 6.07) is 5.63. The molecule has 0 aliphatic heterocycles. The van der Waals surface area contributed by atoms with Gasteiger partial charge in [-0.05, 0) is 25.0 Å². The first-order valence-corrected chi connectivity index (χ1v) is 6.30. The van der Waals surface area contributed by atoms with E-state index < -0.39 is 5.97 Å². The van der Waals surface area contributed by atoms with Gasteiger partial charge in [-0.1, -0.05) is 6.07 Å². The third-order valence-corrected chi connectivity index (χ3v) is 3.86. The number of carboxylic acids is 1. The van der Waals surface area contributed by atoms with Gasteiger partial charge in [-0.3, -0.25) is 0 Å². The van der Waals surface area contributed by atoms with E-state index in [1.54, 1.807) is 17.4 Å². The summed E-state index contributed by atoms with van der Waals surface area (Å²) >= 11 is 1.68. The molecule has 4 nitrogen and oxygen atoms in total. The summed E-state index contributed by atoms with van der Waals surface area (Å²) in [6.07, 6.45) is 2.43. The van der Waals surface area contributed by atoms with Crippen LogP contribution in [0.3, 0.4) is 0 Å². The quantitative estimate of drug-likeness (QED) is 0.904. The lowest BCUT2D eigenvalue weighted by molar-refractivity contribution is -0.139. The molecule has 0 radical (unpaired) electrons. The smallest absolute Gasteiger partial charge is 0.341 e. The predicted molar refractivity (Wildman–Crippen MR) is 64.7 cm³/mol. The van der Waals surface area contributed by atoms with Gasteiger partial charge < -0.3 is 9.84 Å². The van der Waals surface area contributed by atoms with E-state index >= 15 is 0 Å². The number of benzene rings is 1. The molecule has 0 unspecified atom stereocenters. The zero-order chi connectivity index (χ0) is 11.8. The minimum absolute atomic E-state index is 0.324. The normalized spacial score (nSPS) is 15.1. The van der Waals surface area contributed by atoms with Crippen molar-refractivity contribution >= 4 is 27.5 Å². The van der Waals surface area contributed by atoms with Crippen molar-refractivity contribution in [1.82, 2.24) is 4.98 Å². The van der Waals surface area contributed by atoms with Crippen LogP contribution in [-0.4, -0.2) is 22.7 Å². The van der Waals surface area contributed by atoms with Crippen molar-refractivity contribution in [1.29, 1.82) is 0 Å². The zero-order valence-electron chi connectivity index (χ0n) is 9.05. The summed E-state index contributed by atoms with van der Waals surface area (Å²) in [4.78, 5) is 15.0. The van der Waals surface area contributed by atoms with E-state index in [1.165, 1.54) is 12.8 Å². The molecule has 1 fully saturated rings. The fraction of sp³-hybridized carbons (Fsp3) is 0.333. The third kappa shape index (κ3) is 2.10. The molecule has 1 N–H and O–H groups in total. The number of hydrogen-bond donors (Lipinski definition) is 1. The lowest BCUT2D eigenvalue weighted by Crippen LogP contribution is -2.09. The topological polar surface area (TPSA) is 59.4 Å². The van der Waals surface area contributed by atoms with Gasteiger partial charge in [0.05, 0.1) is 9.71 Å². The summed E-state index contributed by atoms with van der Waals surface area (Å²) in [7, 11) is 0. The van der Waals surface area contributed by atoms with Crippen molar-refractivity contribution in [3.63, 3.8) is 0 Å². The second kappa shape index (κ2) is 4.00. The van der Waals surface area contributed by atoms with Gasteiger partial charge in [0.25, 0.3) is 0 Å². The van der Waals surface area contributed by atoms with Crippen LogP contribution in [0.15, 0.2) is 18.2 Å². The molecule has 1 aliphatic carbocycles. The highest BCUT2D eigenvalue weighted by molar-refractivity contribution is 7.18. The molecule has 0 atom stereocenters. The number of ether oxygens (including phenoxy) is 1. The number of nitrogens with zero attached hydrogens (tertiary/aromatic N) is 1. The molecule has 0 spiro atoms. The van der Waals surface area contributed by atoms with Crippen LogP contribution in [0, 0.1) is 0 Å². The van der Waals surface area contributed by atoms with Gasteiger partial charge in [0, 0.05) is 5.92 Å². The molecule has 1 aliphatic rings. The fourth-order valence-electron chi connectivity index (χ4n) is 1.70. The van der Waals surface area contributed by atoms with Crippen LogP contribution in [0.1, 0.15) is 23.8 Å². The van der Waals surface area contributed by atoms with Crippen LogP contribution in [0.4, 0.5) is 0 Å². The molecule has 2 aromatic rings. The average Bonchev–Trinajstić information content (AvgIpc) is 3.06. The van der Waals surface area contributed by atoms with Gasteiger partial charge >= 0.3 is 5.97 Å². The van der Waals surface area contributed by atoms with Gasteiger partial charge in [-0.15, -0.1) is 11.3 Å². The molecule has 1 aromatic carbocycles. The van der Waals surface area contributed by atoms with E-state index in [1.807, 2.05) is 12.1 Å². The van der Waals surface area contributed by atoms with Gasteiger partial charge in [0.2, 0.25) is 0 Å². The van der Waals surface area contributed by atoms with E-state index in [-0.39, 0.29) is 6.61 Å². The largest absolute Gasteiger partial charge is 0.480 e. The van der Waals surface area contributed by atoms with Crippen molar-refractivity contribution in [2.24, 2.45) is 0 Å². The maximum absolute atomic E-state index is 10.5. The first-order valence-electron chi connectivity index (χ1n) is 5.48. The Bertz CT molecular complexity index is 574. The summed E-state index contributed by atoms with van der Waals surface area (Å²) in [6.45, 7) is -0.324. The Morgan fingerprint density at radius 2 is 2.35 bits per heavy atom. The SMILES string of the molecule is O=C(O)COc1cccc2sc(C3CC3)nc12. The highest BCUT2D eigenvalue weighted by atomic mass is 32.1. The van der Waals surface area contributed by atoms with Crippen molar-refractivity contribution in [2.75, 3.05) is 6.61 Å².